The molecular weight excluding hydrogens is 570 g/mol. The molecule has 3 rings (SSSR count). The number of hydrogen-bond acceptors (Lipinski definition) is 7. The molecule has 0 aliphatic heterocycles. The van der Waals surface area contributed by atoms with E-state index < -0.39 is 61.6 Å². The summed E-state index contributed by atoms with van der Waals surface area (Å²) in [6.07, 6.45) is -7.57. The highest BCUT2D eigenvalue weighted by Gasteiger charge is 2.38. The van der Waals surface area contributed by atoms with Crippen molar-refractivity contribution in [1.82, 2.24) is 29.5 Å². The summed E-state index contributed by atoms with van der Waals surface area (Å²) < 4.78 is 106. The molecule has 0 N–H and O–H groups in total. The van der Waals surface area contributed by atoms with E-state index in [1.54, 1.807) is 0 Å². The van der Waals surface area contributed by atoms with Gasteiger partial charge in [-0.1, -0.05) is 0 Å². The third-order valence-electron chi connectivity index (χ3n) is 5.80. The summed E-state index contributed by atoms with van der Waals surface area (Å²) in [5.74, 6) is -1.87. The maximum absolute atomic E-state index is 13.3. The lowest BCUT2D eigenvalue weighted by Gasteiger charge is -2.27. The molecule has 2 amide bonds. The zero-order valence-corrected chi connectivity index (χ0v) is 22.4. The summed E-state index contributed by atoms with van der Waals surface area (Å²) in [6, 6.07) is 0.352. The van der Waals surface area contributed by atoms with Crippen LogP contribution < -0.4 is 0 Å². The van der Waals surface area contributed by atoms with Crippen LogP contribution in [-0.2, 0) is 22.2 Å². The Hall–Kier alpha value is -4.02. The van der Waals surface area contributed by atoms with Crippen molar-refractivity contribution in [2.75, 3.05) is 27.4 Å². The Morgan fingerprint density at radius 3 is 1.93 bits per heavy atom. The van der Waals surface area contributed by atoms with Gasteiger partial charge in [-0.2, -0.15) is 31.4 Å². The number of carbonyl (C=O) groups is 2. The third-order valence-corrected chi connectivity index (χ3v) is 6.91. The van der Waals surface area contributed by atoms with E-state index in [4.69, 9.17) is 0 Å². The van der Waals surface area contributed by atoms with Crippen molar-refractivity contribution in [1.29, 1.82) is 0 Å². The summed E-state index contributed by atoms with van der Waals surface area (Å²) in [5, 5.41) is 4.01. The van der Waals surface area contributed by atoms with Gasteiger partial charge in [-0.05, 0) is 25.1 Å². The molecule has 0 saturated heterocycles. The van der Waals surface area contributed by atoms with E-state index in [9.17, 15) is 44.3 Å². The number of hydrogen-bond donors (Lipinski definition) is 0. The van der Waals surface area contributed by atoms with Crippen LogP contribution in [0, 0.1) is 0 Å². The Morgan fingerprint density at radius 2 is 1.45 bits per heavy atom. The quantitative estimate of drug-likeness (QED) is 0.401. The van der Waals surface area contributed by atoms with Crippen LogP contribution in [0.2, 0.25) is 0 Å². The van der Waals surface area contributed by atoms with Gasteiger partial charge < -0.3 is 9.80 Å². The van der Waals surface area contributed by atoms with E-state index in [0.717, 1.165) is 35.4 Å². The Kier molecular flexibility index (Phi) is 8.02. The summed E-state index contributed by atoms with van der Waals surface area (Å²) in [7, 11) is -0.0164. The average Bonchev–Trinajstić information content (AvgIpc) is 3.31. The number of alkyl halides is 6. The first kappa shape index (κ1) is 30.5. The lowest BCUT2D eigenvalue weighted by Crippen LogP contribution is -2.32. The van der Waals surface area contributed by atoms with Gasteiger partial charge in [-0.25, -0.2) is 23.1 Å². The summed E-state index contributed by atoms with van der Waals surface area (Å²) in [6.45, 7) is 1.30. The van der Waals surface area contributed by atoms with Crippen molar-refractivity contribution >= 4 is 21.7 Å². The predicted octanol–water partition coefficient (Wildman–Crippen LogP) is 3.64. The van der Waals surface area contributed by atoms with E-state index in [1.165, 1.54) is 32.0 Å². The Bertz CT molecular complexity index is 1530. The average molecular weight is 593 g/mol. The molecule has 1 unspecified atom stereocenters. The van der Waals surface area contributed by atoms with Gasteiger partial charge in [-0.3, -0.25) is 9.59 Å². The highest BCUT2D eigenvalue weighted by Crippen LogP contribution is 2.37. The molecule has 1 aromatic carbocycles. The molecule has 0 spiro atoms. The molecule has 2 heterocycles. The first-order valence-corrected chi connectivity index (χ1v) is 13.0. The second kappa shape index (κ2) is 10.5. The number of rotatable bonds is 6. The van der Waals surface area contributed by atoms with Gasteiger partial charge in [0.25, 0.3) is 11.8 Å². The smallest absolute Gasteiger partial charge is 0.343 e. The lowest BCUT2D eigenvalue weighted by molar-refractivity contribution is -0.143. The molecule has 0 radical (unpaired) electrons. The molecule has 0 fully saturated rings. The van der Waals surface area contributed by atoms with Crippen molar-refractivity contribution in [2.45, 2.75) is 30.2 Å². The minimum atomic E-state index is -5.18. The lowest BCUT2D eigenvalue weighted by atomic mass is 10.0. The minimum absolute atomic E-state index is 0.0851. The van der Waals surface area contributed by atoms with Crippen LogP contribution in [0.4, 0.5) is 26.3 Å². The fourth-order valence-electron chi connectivity index (χ4n) is 3.64. The van der Waals surface area contributed by atoms with E-state index in [2.05, 4.69) is 15.1 Å². The number of aromatic nitrogens is 4. The molecule has 2 aromatic heterocycles. The topological polar surface area (TPSA) is 118 Å². The Labute approximate surface area is 224 Å². The third kappa shape index (κ3) is 6.24. The normalized spacial score (nSPS) is 13.2. The van der Waals surface area contributed by atoms with Gasteiger partial charge in [0.2, 0.25) is 0 Å². The Morgan fingerprint density at radius 1 is 0.900 bits per heavy atom. The highest BCUT2D eigenvalue weighted by atomic mass is 32.2. The van der Waals surface area contributed by atoms with Gasteiger partial charge in [0.05, 0.1) is 29.1 Å². The molecule has 3 aromatic rings. The molecule has 1 atom stereocenters. The number of carbonyl (C=O) groups excluding carboxylic acids is 2. The monoisotopic (exact) mass is 592 g/mol. The van der Waals surface area contributed by atoms with Crippen LogP contribution in [0.1, 0.15) is 50.6 Å². The van der Waals surface area contributed by atoms with Gasteiger partial charge in [-0.15, -0.1) is 0 Å². The number of halogens is 6. The van der Waals surface area contributed by atoms with Crippen LogP contribution >= 0.6 is 0 Å². The van der Waals surface area contributed by atoms with Crippen LogP contribution in [0.15, 0.2) is 41.7 Å². The maximum atomic E-state index is 13.3. The van der Waals surface area contributed by atoms with E-state index in [0.29, 0.717) is 0 Å². The molecule has 216 valence electrons. The zero-order chi connectivity index (χ0) is 30.4. The maximum Gasteiger partial charge on any atom is 0.416 e. The number of nitrogens with zero attached hydrogens (tertiary/aromatic N) is 6. The van der Waals surface area contributed by atoms with Gasteiger partial charge >= 0.3 is 12.4 Å². The standard InChI is InChI=1S/C23H22F6N6O4S/c1-12(34(4)20(36)13-6-14(22(24,25)26)8-15(7-13)23(27,28)29)19-17(40(5,38)39)10-32-35(19)18-9-16(30-11-31-18)21(37)33(2)3/h6-12H,1-5H3. The van der Waals surface area contributed by atoms with Crippen LogP contribution in [0.25, 0.3) is 5.82 Å². The summed E-state index contributed by atoms with van der Waals surface area (Å²) >= 11 is 0. The highest BCUT2D eigenvalue weighted by molar-refractivity contribution is 7.90. The second-order valence-corrected chi connectivity index (χ2v) is 10.9. The molecule has 10 nitrogen and oxygen atoms in total. The van der Waals surface area contributed by atoms with Gasteiger partial charge in [0.1, 0.15) is 16.9 Å². The van der Waals surface area contributed by atoms with Crippen molar-refractivity contribution in [3.63, 3.8) is 0 Å². The van der Waals surface area contributed by atoms with E-state index in [1.807, 2.05) is 0 Å². The van der Waals surface area contributed by atoms with Gasteiger partial charge in [0.15, 0.2) is 15.7 Å². The zero-order valence-electron chi connectivity index (χ0n) is 21.5. The molecule has 17 heteroatoms. The first-order valence-electron chi connectivity index (χ1n) is 11.1. The fourth-order valence-corrected chi connectivity index (χ4v) is 4.52. The molecule has 0 bridgehead atoms. The summed E-state index contributed by atoms with van der Waals surface area (Å²) in [4.78, 5) is 35.0. The predicted molar refractivity (Wildman–Crippen MR) is 127 cm³/mol. The van der Waals surface area contributed by atoms with Crippen molar-refractivity contribution in [3.05, 3.63) is 64.9 Å². The van der Waals surface area contributed by atoms with Crippen molar-refractivity contribution in [3.8, 4) is 5.82 Å². The van der Waals surface area contributed by atoms with E-state index >= 15 is 0 Å². The molecule has 0 aliphatic rings. The molecule has 40 heavy (non-hydrogen) atoms. The number of amides is 2. The fraction of sp³-hybridized carbons (Fsp3) is 0.348. The summed E-state index contributed by atoms with van der Waals surface area (Å²) in [5.41, 5.74) is -4.58. The molecular formula is C23H22F6N6O4S. The molecule has 0 aliphatic carbocycles. The van der Waals surface area contributed by atoms with Crippen LogP contribution in [-0.4, -0.2) is 77.2 Å². The minimum Gasteiger partial charge on any atom is -0.343 e. The number of benzene rings is 1. The largest absolute Gasteiger partial charge is 0.416 e. The van der Waals surface area contributed by atoms with Crippen molar-refractivity contribution < 1.29 is 44.3 Å². The SMILES string of the molecule is CC(c1c(S(C)(=O)=O)cnn1-c1cc(C(=O)N(C)C)ncn1)N(C)C(=O)c1cc(C(F)(F)F)cc(C(F)(F)F)c1. The van der Waals surface area contributed by atoms with Crippen LogP contribution in [0.3, 0.4) is 0 Å². The van der Waals surface area contributed by atoms with Crippen LogP contribution in [0.5, 0.6) is 0 Å². The second-order valence-electron chi connectivity index (χ2n) is 8.93. The van der Waals surface area contributed by atoms with Gasteiger partial charge in [0, 0.05) is 39.0 Å². The van der Waals surface area contributed by atoms with E-state index in [-0.39, 0.29) is 35.4 Å². The molecule has 0 saturated carbocycles. The Balaban J connectivity index is 2.15. The number of sulfone groups is 1. The van der Waals surface area contributed by atoms with Crippen molar-refractivity contribution in [2.24, 2.45) is 0 Å². The first-order chi connectivity index (χ1) is 18.2.